The molecule has 5 heteroatoms. The number of rotatable bonds is 2. The lowest BCUT2D eigenvalue weighted by Gasteiger charge is -2.38. The number of piperazine rings is 1. The van der Waals surface area contributed by atoms with Crippen LogP contribution in [-0.4, -0.2) is 45.5 Å². The molecule has 0 saturated carbocycles. The van der Waals surface area contributed by atoms with Crippen molar-refractivity contribution in [2.24, 2.45) is 7.05 Å². The Hall–Kier alpha value is -1.62. The van der Waals surface area contributed by atoms with Crippen LogP contribution in [0.4, 0.5) is 0 Å². The molecule has 2 heterocycles. The summed E-state index contributed by atoms with van der Waals surface area (Å²) in [6.45, 7) is 5.80. The highest BCUT2D eigenvalue weighted by molar-refractivity contribution is 5.91. The maximum Gasteiger partial charge on any atom is 0.246 e. The van der Waals surface area contributed by atoms with Crippen molar-refractivity contribution in [3.05, 3.63) is 24.3 Å². The second-order valence-corrected chi connectivity index (χ2v) is 4.78. The van der Waals surface area contributed by atoms with E-state index in [1.807, 2.05) is 22.6 Å². The molecule has 2 unspecified atom stereocenters. The fraction of sp³-hybridized carbons (Fsp3) is 0.538. The molecule has 0 aromatic carbocycles. The minimum absolute atomic E-state index is 0.0667. The summed E-state index contributed by atoms with van der Waals surface area (Å²) in [6.07, 6.45) is 6.91. The van der Waals surface area contributed by atoms with Gasteiger partial charge in [0.1, 0.15) is 0 Å². The smallest absolute Gasteiger partial charge is 0.246 e. The zero-order valence-electron chi connectivity index (χ0n) is 11.1. The molecule has 0 radical (unpaired) electrons. The van der Waals surface area contributed by atoms with E-state index < -0.39 is 0 Å². The highest BCUT2D eigenvalue weighted by atomic mass is 16.2. The van der Waals surface area contributed by atoms with Gasteiger partial charge in [-0.15, -0.1) is 0 Å². The van der Waals surface area contributed by atoms with Gasteiger partial charge in [-0.3, -0.25) is 4.79 Å². The Balaban J connectivity index is 2.03. The maximum atomic E-state index is 12.1. The van der Waals surface area contributed by atoms with Gasteiger partial charge in [-0.1, -0.05) is 0 Å². The number of aromatic nitrogens is 2. The lowest BCUT2D eigenvalue weighted by molar-refractivity contribution is -0.129. The van der Waals surface area contributed by atoms with Gasteiger partial charge in [0.2, 0.25) is 5.91 Å². The molecule has 1 aromatic rings. The Labute approximate surface area is 107 Å². The highest BCUT2D eigenvalue weighted by Gasteiger charge is 2.26. The van der Waals surface area contributed by atoms with E-state index in [0.29, 0.717) is 6.04 Å². The van der Waals surface area contributed by atoms with E-state index in [-0.39, 0.29) is 11.9 Å². The molecule has 0 spiro atoms. The first-order chi connectivity index (χ1) is 8.59. The van der Waals surface area contributed by atoms with Gasteiger partial charge in [0, 0.05) is 38.3 Å². The molecule has 1 fully saturated rings. The quantitative estimate of drug-likeness (QED) is 0.782. The summed E-state index contributed by atoms with van der Waals surface area (Å²) >= 11 is 0. The van der Waals surface area contributed by atoms with E-state index in [0.717, 1.165) is 18.8 Å². The lowest BCUT2D eigenvalue weighted by atomic mass is 10.1. The van der Waals surface area contributed by atoms with Gasteiger partial charge in [0.15, 0.2) is 0 Å². The van der Waals surface area contributed by atoms with Crippen LogP contribution in [0.3, 0.4) is 0 Å². The van der Waals surface area contributed by atoms with Crippen LogP contribution < -0.4 is 5.32 Å². The first-order valence-electron chi connectivity index (χ1n) is 6.28. The Morgan fingerprint density at radius 2 is 2.33 bits per heavy atom. The molecule has 0 aliphatic carbocycles. The average molecular weight is 248 g/mol. The first kappa shape index (κ1) is 12.8. The summed E-state index contributed by atoms with van der Waals surface area (Å²) in [5.74, 6) is 0.0667. The summed E-state index contributed by atoms with van der Waals surface area (Å²) < 4.78 is 1.88. The van der Waals surface area contributed by atoms with Gasteiger partial charge in [0.25, 0.3) is 0 Å². The predicted molar refractivity (Wildman–Crippen MR) is 70.9 cm³/mol. The molecule has 2 rings (SSSR count). The molecule has 1 amide bonds. The van der Waals surface area contributed by atoms with Crippen molar-refractivity contribution < 1.29 is 4.79 Å². The summed E-state index contributed by atoms with van der Waals surface area (Å²) in [7, 11) is 1.91. The topological polar surface area (TPSA) is 50.2 Å². The van der Waals surface area contributed by atoms with Crippen molar-refractivity contribution in [3.8, 4) is 0 Å². The summed E-state index contributed by atoms with van der Waals surface area (Å²) in [6, 6.07) is 0.565. The number of amides is 1. The number of nitrogens with zero attached hydrogens (tertiary/aromatic N) is 3. The number of hydrogen-bond donors (Lipinski definition) is 1. The molecule has 0 bridgehead atoms. The predicted octanol–water partition coefficient (Wildman–Crippen LogP) is 0.642. The number of nitrogens with one attached hydrogen (secondary N) is 1. The molecule has 1 aliphatic rings. The third kappa shape index (κ3) is 2.61. The van der Waals surface area contributed by atoms with Gasteiger partial charge in [-0.25, -0.2) is 4.98 Å². The minimum atomic E-state index is 0.0667. The van der Waals surface area contributed by atoms with Gasteiger partial charge in [-0.05, 0) is 19.9 Å². The molecule has 2 atom stereocenters. The highest BCUT2D eigenvalue weighted by Crippen LogP contribution is 2.10. The third-order valence-corrected chi connectivity index (χ3v) is 3.57. The summed E-state index contributed by atoms with van der Waals surface area (Å²) in [5, 5.41) is 3.36. The second-order valence-electron chi connectivity index (χ2n) is 4.78. The van der Waals surface area contributed by atoms with Crippen LogP contribution in [-0.2, 0) is 11.8 Å². The van der Waals surface area contributed by atoms with Crippen LogP contribution in [0.15, 0.2) is 18.6 Å². The monoisotopic (exact) mass is 248 g/mol. The number of aryl methyl sites for hydroxylation is 1. The van der Waals surface area contributed by atoms with E-state index in [9.17, 15) is 4.79 Å². The summed E-state index contributed by atoms with van der Waals surface area (Å²) in [5.41, 5.74) is 0.930. The Kier molecular flexibility index (Phi) is 3.81. The van der Waals surface area contributed by atoms with Crippen molar-refractivity contribution in [1.29, 1.82) is 0 Å². The lowest BCUT2D eigenvalue weighted by Crippen LogP contribution is -2.56. The van der Waals surface area contributed by atoms with Crippen molar-refractivity contribution in [1.82, 2.24) is 19.8 Å². The van der Waals surface area contributed by atoms with Crippen LogP contribution in [0, 0.1) is 0 Å². The molecule has 1 aromatic heterocycles. The average Bonchev–Trinajstić information content (AvgIpc) is 2.75. The molecule has 1 saturated heterocycles. The van der Waals surface area contributed by atoms with Gasteiger partial charge >= 0.3 is 0 Å². The van der Waals surface area contributed by atoms with Crippen molar-refractivity contribution >= 4 is 12.0 Å². The Bertz CT molecular complexity index is 452. The fourth-order valence-electron chi connectivity index (χ4n) is 2.15. The maximum absolute atomic E-state index is 12.1. The van der Waals surface area contributed by atoms with Crippen LogP contribution in [0.25, 0.3) is 6.08 Å². The Morgan fingerprint density at radius 3 is 3.00 bits per heavy atom. The zero-order chi connectivity index (χ0) is 13.1. The molecule has 98 valence electrons. The SMILES string of the molecule is CC1NCCN(C(=O)/C=C/c2cncn2C)C1C. The van der Waals surface area contributed by atoms with Crippen LogP contribution in [0.1, 0.15) is 19.5 Å². The molecular weight excluding hydrogens is 228 g/mol. The van der Waals surface area contributed by atoms with Crippen molar-refractivity contribution in [2.45, 2.75) is 25.9 Å². The Morgan fingerprint density at radius 1 is 1.56 bits per heavy atom. The van der Waals surface area contributed by atoms with Crippen LogP contribution >= 0.6 is 0 Å². The van der Waals surface area contributed by atoms with E-state index in [1.54, 1.807) is 18.6 Å². The number of carbonyl (C=O) groups is 1. The van der Waals surface area contributed by atoms with E-state index in [4.69, 9.17) is 0 Å². The molecule has 18 heavy (non-hydrogen) atoms. The molecule has 1 aliphatic heterocycles. The first-order valence-corrected chi connectivity index (χ1v) is 6.28. The molecule has 5 nitrogen and oxygen atoms in total. The standard InChI is InChI=1S/C13H20N4O/c1-10-11(2)17(7-6-15-10)13(18)5-4-12-8-14-9-16(12)3/h4-5,8-11,15H,6-7H2,1-3H3/b5-4+. The third-order valence-electron chi connectivity index (χ3n) is 3.57. The molecule has 1 N–H and O–H groups in total. The van der Waals surface area contributed by atoms with Crippen molar-refractivity contribution in [2.75, 3.05) is 13.1 Å². The number of carbonyl (C=O) groups excluding carboxylic acids is 1. The summed E-state index contributed by atoms with van der Waals surface area (Å²) in [4.78, 5) is 18.1. The van der Waals surface area contributed by atoms with Gasteiger partial charge < -0.3 is 14.8 Å². The van der Waals surface area contributed by atoms with Gasteiger partial charge in [-0.2, -0.15) is 0 Å². The number of imidazole rings is 1. The molecular formula is C13H20N4O. The van der Waals surface area contributed by atoms with E-state index >= 15 is 0 Å². The normalized spacial score (nSPS) is 24.7. The van der Waals surface area contributed by atoms with Crippen molar-refractivity contribution in [3.63, 3.8) is 0 Å². The van der Waals surface area contributed by atoms with E-state index in [2.05, 4.69) is 24.1 Å². The zero-order valence-corrected chi connectivity index (χ0v) is 11.1. The number of hydrogen-bond acceptors (Lipinski definition) is 3. The van der Waals surface area contributed by atoms with Crippen LogP contribution in [0.5, 0.6) is 0 Å². The van der Waals surface area contributed by atoms with E-state index in [1.165, 1.54) is 0 Å². The van der Waals surface area contributed by atoms with Gasteiger partial charge in [0.05, 0.1) is 18.2 Å². The minimum Gasteiger partial charge on any atom is -0.334 e. The van der Waals surface area contributed by atoms with Crippen LogP contribution in [0.2, 0.25) is 0 Å². The fourth-order valence-corrected chi connectivity index (χ4v) is 2.15. The second kappa shape index (κ2) is 5.35. The largest absolute Gasteiger partial charge is 0.334 e.